The van der Waals surface area contributed by atoms with Gasteiger partial charge in [-0.2, -0.15) is 13.1 Å². The second kappa shape index (κ2) is 45.6. The van der Waals surface area contributed by atoms with Gasteiger partial charge in [-0.1, -0.05) is 60.7 Å². The molecule has 0 unspecified atom stereocenters. The fourth-order valence-electron chi connectivity index (χ4n) is 15.4. The number of nitrogens with one attached hydrogen (secondary N) is 12. The number of guanidine groups is 2. The van der Waals surface area contributed by atoms with Crippen molar-refractivity contribution in [3.05, 3.63) is 116 Å². The SMILES string of the molecule is Cc1c(C)c(S(=O)(=O)NC(N)=NCCC[C@@H]2NC(=O)[C@H](CCCCN)NC(=O)[C@@H](Cc3ccccc3)NC(=O)[C@H](CC(=O)OC(C)(C)C)NC(=O)CNC2=O)c(C)c2c1OC(C)(C)C2.Cc1c(C)c(S(=O)(=O)NC(N)=[NH+]CCC[C@H]2NC(=O)CNC(=O)[C@@H](CC(=O)OC(C)(C)C)NC(=O)[C@H](Cc3ccccc3)CC(=O)[C@@H](CCCCN)NC2=O)c(C)c2c1OC(C)(C)C2. The molecule has 4 aromatic rings. The summed E-state index contributed by atoms with van der Waals surface area (Å²) in [6.45, 7) is 27.5. The van der Waals surface area contributed by atoms with Crippen LogP contribution in [0.1, 0.15) is 208 Å². The molecule has 8 rings (SSSR count). The average molecular weight is 1820 g/mol. The van der Waals surface area contributed by atoms with E-state index in [1.54, 1.807) is 137 Å². The third kappa shape index (κ3) is 31.0. The highest BCUT2D eigenvalue weighted by Crippen LogP contribution is 2.45. The van der Waals surface area contributed by atoms with Crippen molar-refractivity contribution in [2.75, 3.05) is 39.3 Å². The number of nitrogens with zero attached hydrogens (tertiary/aromatic N) is 1. The van der Waals surface area contributed by atoms with Crippen LogP contribution in [0.15, 0.2) is 75.4 Å². The van der Waals surface area contributed by atoms with Crippen LogP contribution in [-0.4, -0.2) is 204 Å². The number of Topliss-reactive ketones (excluding diaryl/α,β-unsaturated/α-hetero) is 1. The summed E-state index contributed by atoms with van der Waals surface area (Å²) in [5.41, 5.74) is 27.6. The zero-order valence-electron chi connectivity index (χ0n) is 76.4. The van der Waals surface area contributed by atoms with Gasteiger partial charge in [-0.15, -0.1) is 0 Å². The second-order valence-electron chi connectivity index (χ2n) is 36.1. The molecule has 0 aliphatic carbocycles. The topological polar surface area (TPSA) is 573 Å². The molecule has 2 fully saturated rings. The largest absolute Gasteiger partial charge is 0.487 e. The number of unbranched alkanes of at least 4 members (excludes halogenated alkanes) is 2. The molecule has 704 valence electrons. The van der Waals surface area contributed by atoms with Crippen LogP contribution in [0.2, 0.25) is 0 Å². The molecule has 8 atom stereocenters. The van der Waals surface area contributed by atoms with Crippen LogP contribution in [0.25, 0.3) is 0 Å². The van der Waals surface area contributed by atoms with Crippen LogP contribution in [0.3, 0.4) is 0 Å². The maximum absolute atomic E-state index is 14.1. The van der Waals surface area contributed by atoms with Crippen molar-refractivity contribution in [2.24, 2.45) is 33.8 Å². The number of ketones is 1. The zero-order valence-corrected chi connectivity index (χ0v) is 78.0. The second-order valence-corrected chi connectivity index (χ2v) is 39.3. The standard InChI is InChI=1S/C45H66N8O10S.C44H65N9O10S/c1-26-27(2)39(28(3)31-24-45(7,8)63-38(26)31)64(60,61)53-43(47)48-20-14-18-33-42(59)51-32(17-12-13-19-46)35(54)22-30(21-29-15-10-9-11-16-29)40(57)52-34(23-37(56)62-44(4,5)6)41(58)49-25-36(55)50-33;1-25-26(2)37(27(3)29-23-44(7,8)63-36(25)29)64(60,61)53-42(46)47-20-14-18-30-38(56)48-24-34(54)49-33(22-35(55)62-43(4,5)6)41(59)52-32(21-28-15-10-9-11-16-28)40(58)51-31(39(57)50-30)17-12-13-19-45/h9-11,15-16,30,32-34H,12-14,17-25,46H2,1-8H3,(H,49,58)(H,50,55)(H,51,59)(H,52,57)(H3,47,48,53);9-11,15-16,30-33H,12-14,17-24,45H2,1-8H3,(H,48,56)(H,49,54)(H,50,57)(H,51,58)(H,52,59)(H3,46,47,53)/p+1/t30-,32-,33-,34-;30-,31-,32+,33-/m10/s1. The van der Waals surface area contributed by atoms with E-state index in [4.69, 9.17) is 41.9 Å². The monoisotopic (exact) mass is 1820 g/mol. The lowest BCUT2D eigenvalue weighted by molar-refractivity contribution is -0.460. The molecule has 4 aromatic carbocycles. The van der Waals surface area contributed by atoms with E-state index in [1.807, 2.05) is 34.6 Å². The first kappa shape index (κ1) is 104. The first-order valence-electron chi connectivity index (χ1n) is 43.3. The van der Waals surface area contributed by atoms with Gasteiger partial charge in [-0.05, 0) is 239 Å². The van der Waals surface area contributed by atoms with Crippen LogP contribution in [0, 0.1) is 47.5 Å². The minimum atomic E-state index is -4.19. The Morgan fingerprint density at radius 1 is 0.477 bits per heavy atom. The molecule has 37 nitrogen and oxygen atoms in total. The number of benzene rings is 4. The summed E-state index contributed by atoms with van der Waals surface area (Å²) in [5, 5.41) is 23.5. The summed E-state index contributed by atoms with van der Waals surface area (Å²) in [5.74, 6) is -9.23. The van der Waals surface area contributed by atoms with Gasteiger partial charge in [0.05, 0.1) is 43.4 Å². The van der Waals surface area contributed by atoms with E-state index in [0.29, 0.717) is 96.5 Å². The molecule has 4 heterocycles. The molecule has 4 aliphatic rings. The molecule has 39 heteroatoms. The Balaban J connectivity index is 0.000000351. The molecule has 4 aliphatic heterocycles. The van der Waals surface area contributed by atoms with E-state index < -0.39 is 193 Å². The lowest BCUT2D eigenvalue weighted by Gasteiger charge is -2.26. The van der Waals surface area contributed by atoms with E-state index in [0.717, 1.165) is 22.3 Å². The van der Waals surface area contributed by atoms with Gasteiger partial charge in [0.1, 0.15) is 75.0 Å². The van der Waals surface area contributed by atoms with E-state index in [9.17, 15) is 74.4 Å². The number of ether oxygens (including phenoxy) is 4. The van der Waals surface area contributed by atoms with Crippen molar-refractivity contribution in [1.29, 1.82) is 0 Å². The summed E-state index contributed by atoms with van der Waals surface area (Å²) in [6.07, 6.45) is 2.22. The number of hydrogen-bond acceptors (Lipinski definition) is 23. The van der Waals surface area contributed by atoms with E-state index in [1.165, 1.54) is 0 Å². The average Bonchev–Trinajstić information content (AvgIpc) is 1.57. The van der Waals surface area contributed by atoms with Gasteiger partial charge in [0, 0.05) is 49.3 Å². The molecular formula is C89H132N17O20S2+. The molecule has 0 saturated carbocycles. The Hall–Kier alpha value is -11.3. The number of amides is 9. The lowest BCUT2D eigenvalue weighted by atomic mass is 9.89. The predicted octanol–water partition coefficient (Wildman–Crippen LogP) is 0.913. The highest BCUT2D eigenvalue weighted by Gasteiger charge is 2.42. The number of nitrogens with two attached hydrogens (primary N) is 4. The highest BCUT2D eigenvalue weighted by molar-refractivity contribution is 7.90. The van der Waals surface area contributed by atoms with E-state index in [-0.39, 0.29) is 86.6 Å². The summed E-state index contributed by atoms with van der Waals surface area (Å²) in [4.78, 5) is 171. The predicted molar refractivity (Wildman–Crippen MR) is 478 cm³/mol. The fraction of sp³-hybridized carbons (Fsp3) is 0.573. The van der Waals surface area contributed by atoms with Gasteiger partial charge in [0.25, 0.3) is 10.0 Å². The van der Waals surface area contributed by atoms with Crippen LogP contribution < -0.4 is 94.7 Å². The van der Waals surface area contributed by atoms with E-state index in [2.05, 4.69) is 67.3 Å². The summed E-state index contributed by atoms with van der Waals surface area (Å²) >= 11 is 0. The van der Waals surface area contributed by atoms with Crippen molar-refractivity contribution >= 4 is 103 Å². The Morgan fingerprint density at radius 2 is 0.859 bits per heavy atom. The van der Waals surface area contributed by atoms with Crippen molar-refractivity contribution in [3.8, 4) is 11.5 Å². The first-order valence-corrected chi connectivity index (χ1v) is 46.2. The van der Waals surface area contributed by atoms with Crippen molar-refractivity contribution < 1.29 is 98.3 Å². The van der Waals surface area contributed by atoms with Gasteiger partial charge >= 0.3 is 27.9 Å². The van der Waals surface area contributed by atoms with Gasteiger partial charge in [0.2, 0.25) is 59.1 Å². The Labute approximate surface area is 749 Å². The van der Waals surface area contributed by atoms with Crippen LogP contribution >= 0.6 is 0 Å². The lowest BCUT2D eigenvalue weighted by Crippen LogP contribution is -2.79. The number of rotatable bonds is 28. The molecular weight excluding hydrogens is 1690 g/mol. The number of sulfonamides is 2. The Morgan fingerprint density at radius 3 is 1.34 bits per heavy atom. The molecule has 20 N–H and O–H groups in total. The number of carbonyl (C=O) groups excluding carboxylic acids is 12. The van der Waals surface area contributed by atoms with Crippen LogP contribution in [0.5, 0.6) is 11.5 Å². The first-order chi connectivity index (χ1) is 59.8. The van der Waals surface area contributed by atoms with Gasteiger partial charge < -0.3 is 84.0 Å². The number of hydrogen-bond donors (Lipinski definition) is 16. The van der Waals surface area contributed by atoms with Crippen molar-refractivity contribution in [3.63, 3.8) is 0 Å². The molecule has 0 spiro atoms. The normalized spacial score (nSPS) is 21.2. The van der Waals surface area contributed by atoms with Crippen LogP contribution in [0.4, 0.5) is 0 Å². The number of esters is 2. The molecule has 0 bridgehead atoms. The van der Waals surface area contributed by atoms with Crippen molar-refractivity contribution in [2.45, 2.75) is 294 Å². The maximum Gasteiger partial charge on any atom is 0.356 e. The number of carbonyl (C=O) groups is 12. The number of fused-ring (bicyclic) bond motifs is 2. The molecule has 9 amide bonds. The summed E-state index contributed by atoms with van der Waals surface area (Å²) < 4.78 is 82.8. The molecule has 0 radical (unpaired) electrons. The molecule has 0 aromatic heterocycles. The van der Waals surface area contributed by atoms with Crippen LogP contribution in [-0.2, 0) is 113 Å². The maximum atomic E-state index is 14.1. The van der Waals surface area contributed by atoms with Crippen molar-refractivity contribution in [1.82, 2.24) is 57.3 Å². The Bertz CT molecular complexity index is 4820. The number of aliphatic imine (C=N–C) groups is 1. The third-order valence-corrected chi connectivity index (χ3v) is 25.1. The molecule has 2 saturated heterocycles. The zero-order chi connectivity index (χ0) is 95.1. The third-order valence-electron chi connectivity index (χ3n) is 21.8. The Kier molecular flexibility index (Phi) is 36.9. The van der Waals surface area contributed by atoms with E-state index >= 15 is 0 Å². The minimum absolute atomic E-state index is 0.00176. The summed E-state index contributed by atoms with van der Waals surface area (Å²) in [6, 6.07) is 8.81. The fourth-order valence-corrected chi connectivity index (χ4v) is 18.5. The quantitative estimate of drug-likeness (QED) is 0.0163. The van der Waals surface area contributed by atoms with Gasteiger partial charge in [-0.25, -0.2) is 13.1 Å². The minimum Gasteiger partial charge on any atom is -0.487 e. The highest BCUT2D eigenvalue weighted by atomic mass is 32.2. The summed E-state index contributed by atoms with van der Waals surface area (Å²) in [7, 11) is -8.34. The van der Waals surface area contributed by atoms with Gasteiger partial charge in [-0.3, -0.25) is 73.3 Å². The smallest absolute Gasteiger partial charge is 0.356 e. The van der Waals surface area contributed by atoms with Gasteiger partial charge in [0.15, 0.2) is 5.78 Å². The molecule has 128 heavy (non-hydrogen) atoms.